The second kappa shape index (κ2) is 9.89. The summed E-state index contributed by atoms with van der Waals surface area (Å²) in [6.07, 6.45) is 0. The van der Waals surface area contributed by atoms with Crippen LogP contribution < -0.4 is 10.2 Å². The first-order valence-electron chi connectivity index (χ1n) is 10.7. The molecule has 0 atom stereocenters. The Labute approximate surface area is 206 Å². The first kappa shape index (κ1) is 25.3. The number of hydrogen-bond acceptors (Lipinski definition) is 5. The van der Waals surface area contributed by atoms with Crippen molar-refractivity contribution in [3.8, 4) is 0 Å². The van der Waals surface area contributed by atoms with Gasteiger partial charge in [0.2, 0.25) is 9.84 Å². The van der Waals surface area contributed by atoms with Crippen molar-refractivity contribution in [3.63, 3.8) is 0 Å². The zero-order valence-corrected chi connectivity index (χ0v) is 21.0. The Bertz CT molecular complexity index is 1370. The van der Waals surface area contributed by atoms with Crippen molar-refractivity contribution in [2.24, 2.45) is 0 Å². The number of nitrogens with one attached hydrogen (secondary N) is 1. The molecule has 0 aliphatic carbocycles. The van der Waals surface area contributed by atoms with Gasteiger partial charge < -0.3 is 10.2 Å². The minimum atomic E-state index is -3.82. The minimum absolute atomic E-state index is 0. The van der Waals surface area contributed by atoms with Gasteiger partial charge in [-0.05, 0) is 43.5 Å². The van der Waals surface area contributed by atoms with E-state index in [9.17, 15) is 8.42 Å². The van der Waals surface area contributed by atoms with Crippen LogP contribution in [0.3, 0.4) is 0 Å². The molecule has 5 rings (SSSR count). The van der Waals surface area contributed by atoms with Crippen molar-refractivity contribution in [2.45, 2.75) is 29.8 Å². The number of benzene rings is 3. The van der Waals surface area contributed by atoms with E-state index in [1.54, 1.807) is 12.1 Å². The highest BCUT2D eigenvalue weighted by atomic mass is 35.5. The van der Waals surface area contributed by atoms with Crippen molar-refractivity contribution in [2.75, 3.05) is 31.1 Å². The molecule has 1 fully saturated rings. The maximum atomic E-state index is 13.9. The van der Waals surface area contributed by atoms with Crippen molar-refractivity contribution in [3.05, 3.63) is 60.7 Å². The summed E-state index contributed by atoms with van der Waals surface area (Å²) in [5.41, 5.74) is 1.87. The monoisotopic (exact) mass is 506 g/mol. The molecule has 1 saturated heterocycles. The van der Waals surface area contributed by atoms with E-state index in [2.05, 4.69) is 21.4 Å². The fourth-order valence-corrected chi connectivity index (χ4v) is 5.94. The topological polar surface area (TPSA) is 67.2 Å². The van der Waals surface area contributed by atoms with Crippen LogP contribution in [0.1, 0.15) is 19.9 Å². The molecule has 0 unspecified atom stereocenters. The Morgan fingerprint density at radius 2 is 1.61 bits per heavy atom. The van der Waals surface area contributed by atoms with E-state index in [0.717, 1.165) is 48.2 Å². The van der Waals surface area contributed by atoms with Gasteiger partial charge >= 0.3 is 0 Å². The Morgan fingerprint density at radius 3 is 2.33 bits per heavy atom. The highest BCUT2D eigenvalue weighted by molar-refractivity contribution is 7.91. The third-order valence-electron chi connectivity index (χ3n) is 5.92. The minimum Gasteiger partial charge on any atom is -0.369 e. The van der Waals surface area contributed by atoms with Crippen LogP contribution in [0, 0.1) is 0 Å². The molecule has 0 radical (unpaired) electrons. The third kappa shape index (κ3) is 4.43. The van der Waals surface area contributed by atoms with E-state index in [1.807, 2.05) is 61.0 Å². The van der Waals surface area contributed by atoms with Crippen LogP contribution in [0.2, 0.25) is 0 Å². The molecule has 0 spiro atoms. The lowest BCUT2D eigenvalue weighted by Crippen LogP contribution is -2.43. The van der Waals surface area contributed by atoms with E-state index in [-0.39, 0.29) is 35.9 Å². The lowest BCUT2D eigenvalue weighted by atomic mass is 10.1. The average Bonchev–Trinajstić information content (AvgIpc) is 3.19. The van der Waals surface area contributed by atoms with Crippen molar-refractivity contribution < 1.29 is 8.42 Å². The number of anilines is 1. The normalized spacial score (nSPS) is 14.3. The van der Waals surface area contributed by atoms with Gasteiger partial charge in [0, 0.05) is 48.7 Å². The molecule has 0 amide bonds. The van der Waals surface area contributed by atoms with Gasteiger partial charge in [-0.1, -0.05) is 36.4 Å². The second-order valence-electron chi connectivity index (χ2n) is 8.26. The number of rotatable bonds is 4. The zero-order chi connectivity index (χ0) is 21.6. The van der Waals surface area contributed by atoms with Gasteiger partial charge in [0.15, 0.2) is 5.03 Å². The molecular formula is C24H28Cl2N4O2S. The first-order chi connectivity index (χ1) is 15.0. The Morgan fingerprint density at radius 1 is 0.909 bits per heavy atom. The lowest BCUT2D eigenvalue weighted by Gasteiger charge is -2.29. The van der Waals surface area contributed by atoms with Crippen LogP contribution in [0.4, 0.5) is 5.69 Å². The molecule has 2 heterocycles. The van der Waals surface area contributed by atoms with E-state index < -0.39 is 9.84 Å². The van der Waals surface area contributed by atoms with Crippen LogP contribution in [-0.4, -0.2) is 44.4 Å². The van der Waals surface area contributed by atoms with E-state index in [4.69, 9.17) is 0 Å². The van der Waals surface area contributed by atoms with Crippen molar-refractivity contribution in [1.82, 2.24) is 15.1 Å². The number of aromatic nitrogens is 2. The maximum Gasteiger partial charge on any atom is 0.226 e. The van der Waals surface area contributed by atoms with Gasteiger partial charge in [0.05, 0.1) is 10.4 Å². The summed E-state index contributed by atoms with van der Waals surface area (Å²) in [6, 6.07) is 19.1. The smallest absolute Gasteiger partial charge is 0.226 e. The number of fused-ring (bicyclic) bond motifs is 2. The largest absolute Gasteiger partial charge is 0.369 e. The quantitative estimate of drug-likeness (QED) is 0.428. The summed E-state index contributed by atoms with van der Waals surface area (Å²) in [4.78, 5) is 2.59. The molecule has 1 aliphatic rings. The predicted molar refractivity (Wildman–Crippen MR) is 139 cm³/mol. The average molecular weight is 507 g/mol. The van der Waals surface area contributed by atoms with Crippen LogP contribution in [0.5, 0.6) is 0 Å². The summed E-state index contributed by atoms with van der Waals surface area (Å²) in [6.45, 7) is 7.68. The molecule has 1 N–H and O–H groups in total. The Balaban J connectivity index is 0.00000153. The fourth-order valence-electron chi connectivity index (χ4n) is 4.35. The maximum absolute atomic E-state index is 13.9. The highest BCUT2D eigenvalue weighted by Gasteiger charge is 2.28. The molecule has 0 saturated carbocycles. The van der Waals surface area contributed by atoms with Gasteiger partial charge in [-0.3, -0.25) is 4.68 Å². The van der Waals surface area contributed by atoms with Gasteiger partial charge in [-0.15, -0.1) is 24.8 Å². The molecule has 4 aromatic rings. The van der Waals surface area contributed by atoms with Crippen LogP contribution in [-0.2, 0) is 9.84 Å². The first-order valence-corrected chi connectivity index (χ1v) is 12.2. The van der Waals surface area contributed by atoms with Gasteiger partial charge in [-0.2, -0.15) is 5.10 Å². The second-order valence-corrected chi connectivity index (χ2v) is 10.1. The van der Waals surface area contributed by atoms with Crippen molar-refractivity contribution in [1.29, 1.82) is 0 Å². The van der Waals surface area contributed by atoms with Crippen molar-refractivity contribution >= 4 is 62.0 Å². The highest BCUT2D eigenvalue weighted by Crippen LogP contribution is 2.34. The lowest BCUT2D eigenvalue weighted by molar-refractivity contribution is 0.531. The van der Waals surface area contributed by atoms with Gasteiger partial charge in [-0.25, -0.2) is 8.42 Å². The van der Waals surface area contributed by atoms with E-state index >= 15 is 0 Å². The summed E-state index contributed by atoms with van der Waals surface area (Å²) in [7, 11) is -3.82. The standard InChI is InChI=1S/C24H26N4O2S.2ClH/c1-17(2)28-22-11-10-19(27-14-12-25-13-15-27)16-21(22)24(26-28)31(29,30)23-9-5-7-18-6-3-4-8-20(18)23;;/h3-11,16-17,25H,12-15H2,1-2H3;2*1H. The number of hydrogen-bond donors (Lipinski definition) is 1. The molecule has 6 nitrogen and oxygen atoms in total. The molecule has 0 bridgehead atoms. The zero-order valence-electron chi connectivity index (χ0n) is 18.6. The molecule has 9 heteroatoms. The SMILES string of the molecule is CC(C)n1nc(S(=O)(=O)c2cccc3ccccc23)c2cc(N3CCNCC3)ccc21.Cl.Cl. The number of halogens is 2. The van der Waals surface area contributed by atoms with Gasteiger partial charge in [0.1, 0.15) is 0 Å². The molecular weight excluding hydrogens is 479 g/mol. The third-order valence-corrected chi connectivity index (χ3v) is 7.67. The van der Waals surface area contributed by atoms with Crippen LogP contribution >= 0.6 is 24.8 Å². The molecule has 33 heavy (non-hydrogen) atoms. The fraction of sp³-hybridized carbons (Fsp3) is 0.292. The number of piperazine rings is 1. The van der Waals surface area contributed by atoms with Crippen LogP contribution in [0.15, 0.2) is 70.6 Å². The number of nitrogens with zero attached hydrogens (tertiary/aromatic N) is 3. The Hall–Kier alpha value is -2.32. The number of sulfone groups is 1. The summed E-state index contributed by atoms with van der Waals surface area (Å²) >= 11 is 0. The van der Waals surface area contributed by atoms with E-state index in [1.165, 1.54) is 0 Å². The summed E-state index contributed by atoms with van der Waals surface area (Å²) in [5, 5.41) is 10.4. The molecule has 3 aromatic carbocycles. The van der Waals surface area contributed by atoms with Gasteiger partial charge in [0.25, 0.3) is 0 Å². The summed E-state index contributed by atoms with van der Waals surface area (Å²) in [5.74, 6) is 0. The molecule has 1 aromatic heterocycles. The Kier molecular flexibility index (Phi) is 7.59. The predicted octanol–water partition coefficient (Wildman–Crippen LogP) is 4.86. The summed E-state index contributed by atoms with van der Waals surface area (Å²) < 4.78 is 29.6. The van der Waals surface area contributed by atoms with E-state index in [0.29, 0.717) is 10.3 Å². The molecule has 1 aliphatic heterocycles. The van der Waals surface area contributed by atoms with Crippen LogP contribution in [0.25, 0.3) is 21.7 Å². The molecule has 176 valence electrons.